The van der Waals surface area contributed by atoms with Crippen molar-refractivity contribution in [2.75, 3.05) is 40.3 Å². The Morgan fingerprint density at radius 3 is 2.65 bits per heavy atom. The summed E-state index contributed by atoms with van der Waals surface area (Å²) in [5.74, 6) is 1.00. The van der Waals surface area contributed by atoms with Crippen molar-refractivity contribution in [2.24, 2.45) is 5.92 Å². The molecule has 0 bridgehead atoms. The Morgan fingerprint density at radius 2 is 2.04 bits per heavy atom. The molecule has 1 amide bonds. The lowest BCUT2D eigenvalue weighted by Gasteiger charge is -2.23. The molecule has 2 N–H and O–H groups in total. The number of carbonyl (C=O) groups is 1. The number of nitrogens with one attached hydrogen (secondary N) is 2. The molecule has 1 heterocycles. The lowest BCUT2D eigenvalue weighted by Crippen LogP contribution is -2.37. The van der Waals surface area contributed by atoms with Crippen LogP contribution in [0, 0.1) is 12.8 Å². The van der Waals surface area contributed by atoms with Crippen molar-refractivity contribution in [1.82, 2.24) is 14.9 Å². The van der Waals surface area contributed by atoms with Crippen LogP contribution in [0.4, 0.5) is 0 Å². The summed E-state index contributed by atoms with van der Waals surface area (Å²) in [6.45, 7) is 4.51. The molecule has 0 aliphatic carbocycles. The number of rotatable bonds is 8. The molecule has 0 aromatic heterocycles. The van der Waals surface area contributed by atoms with Crippen LogP contribution in [-0.2, 0) is 14.8 Å². The predicted octanol–water partition coefficient (Wildman–Crippen LogP) is 1.13. The second kappa shape index (κ2) is 9.34. The van der Waals surface area contributed by atoms with Crippen LogP contribution in [0.15, 0.2) is 23.1 Å². The maximum absolute atomic E-state index is 12.7. The van der Waals surface area contributed by atoms with Gasteiger partial charge in [0.2, 0.25) is 15.9 Å². The fourth-order valence-electron chi connectivity index (χ4n) is 3.02. The smallest absolute Gasteiger partial charge is 0.243 e. The molecule has 0 unspecified atom stereocenters. The minimum atomic E-state index is -3.64. The van der Waals surface area contributed by atoms with Gasteiger partial charge in [0.15, 0.2) is 0 Å². The number of methoxy groups -OCH3 is 1. The summed E-state index contributed by atoms with van der Waals surface area (Å²) >= 11 is 0. The van der Waals surface area contributed by atoms with Gasteiger partial charge in [-0.2, -0.15) is 0 Å². The highest BCUT2D eigenvalue weighted by Gasteiger charge is 2.23. The second-order valence-electron chi connectivity index (χ2n) is 6.71. The van der Waals surface area contributed by atoms with E-state index in [1.54, 1.807) is 19.1 Å². The van der Waals surface area contributed by atoms with Crippen molar-refractivity contribution in [3.8, 4) is 5.75 Å². The molecule has 2 rings (SSSR count). The van der Waals surface area contributed by atoms with Gasteiger partial charge in [0.25, 0.3) is 0 Å². The lowest BCUT2D eigenvalue weighted by atomic mass is 9.98. The van der Waals surface area contributed by atoms with Gasteiger partial charge in [0.05, 0.1) is 12.0 Å². The zero-order chi connectivity index (χ0) is 19.2. The normalized spacial score (nSPS) is 15.8. The fraction of sp³-hybridized carbons (Fsp3) is 0.611. The van der Waals surface area contributed by atoms with E-state index in [0.717, 1.165) is 25.9 Å². The molecule has 1 aliphatic rings. The van der Waals surface area contributed by atoms with Gasteiger partial charge >= 0.3 is 0 Å². The van der Waals surface area contributed by atoms with Gasteiger partial charge in [-0.3, -0.25) is 4.79 Å². The standard InChI is InChI=1S/C18H29N3O4S/c1-14-12-16(25-3)4-5-17(14)26(23,24)21(2)11-8-18(22)20-13-15-6-9-19-10-7-15/h4-5,12,15,19H,6-11,13H2,1-3H3,(H,20,22). The number of hydrogen-bond donors (Lipinski definition) is 2. The van der Waals surface area contributed by atoms with E-state index in [4.69, 9.17) is 4.74 Å². The molecular formula is C18H29N3O4S. The molecule has 26 heavy (non-hydrogen) atoms. The number of benzene rings is 1. The van der Waals surface area contributed by atoms with E-state index >= 15 is 0 Å². The first kappa shape index (κ1) is 20.7. The number of nitrogens with zero attached hydrogens (tertiary/aromatic N) is 1. The topological polar surface area (TPSA) is 87.7 Å². The van der Waals surface area contributed by atoms with Crippen molar-refractivity contribution in [2.45, 2.75) is 31.1 Å². The monoisotopic (exact) mass is 383 g/mol. The van der Waals surface area contributed by atoms with Gasteiger partial charge < -0.3 is 15.4 Å². The Bertz CT molecular complexity index is 715. The summed E-state index contributed by atoms with van der Waals surface area (Å²) in [6.07, 6.45) is 2.27. The molecule has 1 aliphatic heterocycles. The van der Waals surface area contributed by atoms with Gasteiger partial charge in [-0.15, -0.1) is 0 Å². The summed E-state index contributed by atoms with van der Waals surface area (Å²) in [6, 6.07) is 4.85. The van der Waals surface area contributed by atoms with Crippen molar-refractivity contribution >= 4 is 15.9 Å². The summed E-state index contributed by atoms with van der Waals surface area (Å²) in [5.41, 5.74) is 0.617. The molecule has 0 atom stereocenters. The minimum Gasteiger partial charge on any atom is -0.497 e. The lowest BCUT2D eigenvalue weighted by molar-refractivity contribution is -0.121. The van der Waals surface area contributed by atoms with Gasteiger partial charge in [-0.05, 0) is 62.5 Å². The third-order valence-electron chi connectivity index (χ3n) is 4.77. The SMILES string of the molecule is COc1ccc(S(=O)(=O)N(C)CCC(=O)NCC2CCNCC2)c(C)c1. The Hall–Kier alpha value is -1.64. The summed E-state index contributed by atoms with van der Waals surface area (Å²) < 4.78 is 31.8. The second-order valence-corrected chi connectivity index (χ2v) is 8.72. The van der Waals surface area contributed by atoms with Crippen LogP contribution in [-0.4, -0.2) is 59.0 Å². The molecule has 0 saturated carbocycles. The number of amides is 1. The van der Waals surface area contributed by atoms with E-state index < -0.39 is 10.0 Å². The van der Waals surface area contributed by atoms with Crippen LogP contribution in [0.1, 0.15) is 24.8 Å². The largest absolute Gasteiger partial charge is 0.497 e. The Kier molecular flexibility index (Phi) is 7.43. The quantitative estimate of drug-likeness (QED) is 0.703. The van der Waals surface area contributed by atoms with Crippen molar-refractivity contribution in [3.63, 3.8) is 0 Å². The Balaban J connectivity index is 1.87. The summed E-state index contributed by atoms with van der Waals surface area (Å²) in [7, 11) is -0.598. The third-order valence-corrected chi connectivity index (χ3v) is 6.79. The first-order valence-electron chi connectivity index (χ1n) is 8.93. The number of hydrogen-bond acceptors (Lipinski definition) is 5. The Morgan fingerprint density at radius 1 is 1.35 bits per heavy atom. The highest BCUT2D eigenvalue weighted by molar-refractivity contribution is 7.89. The number of ether oxygens (including phenoxy) is 1. The van der Waals surface area contributed by atoms with Crippen LogP contribution in [0.5, 0.6) is 5.75 Å². The molecular weight excluding hydrogens is 354 g/mol. The van der Waals surface area contributed by atoms with Crippen LogP contribution in [0.3, 0.4) is 0 Å². The maximum Gasteiger partial charge on any atom is 0.243 e. The summed E-state index contributed by atoms with van der Waals surface area (Å²) in [4.78, 5) is 12.3. The van der Waals surface area contributed by atoms with E-state index in [1.165, 1.54) is 24.5 Å². The van der Waals surface area contributed by atoms with E-state index in [0.29, 0.717) is 23.8 Å². The van der Waals surface area contributed by atoms with E-state index in [-0.39, 0.29) is 23.8 Å². The molecule has 1 saturated heterocycles. The molecule has 0 radical (unpaired) electrons. The van der Waals surface area contributed by atoms with Crippen molar-refractivity contribution < 1.29 is 17.9 Å². The zero-order valence-corrected chi connectivity index (χ0v) is 16.6. The van der Waals surface area contributed by atoms with Crippen LogP contribution in [0.25, 0.3) is 0 Å². The van der Waals surface area contributed by atoms with Crippen LogP contribution < -0.4 is 15.4 Å². The average Bonchev–Trinajstić information content (AvgIpc) is 2.64. The number of aryl methyl sites for hydroxylation is 1. The number of carbonyl (C=O) groups excluding carboxylic acids is 1. The van der Waals surface area contributed by atoms with Gasteiger partial charge in [0, 0.05) is 26.6 Å². The van der Waals surface area contributed by atoms with E-state index in [1.807, 2.05) is 0 Å². The maximum atomic E-state index is 12.7. The number of sulfonamides is 1. The molecule has 0 spiro atoms. The molecule has 7 nitrogen and oxygen atoms in total. The molecule has 1 aromatic rings. The minimum absolute atomic E-state index is 0.114. The van der Waals surface area contributed by atoms with E-state index in [9.17, 15) is 13.2 Å². The van der Waals surface area contributed by atoms with Crippen LogP contribution >= 0.6 is 0 Å². The molecule has 1 aromatic carbocycles. The highest BCUT2D eigenvalue weighted by atomic mass is 32.2. The van der Waals surface area contributed by atoms with Crippen molar-refractivity contribution in [1.29, 1.82) is 0 Å². The van der Waals surface area contributed by atoms with Crippen molar-refractivity contribution in [3.05, 3.63) is 23.8 Å². The number of piperidine rings is 1. The molecule has 1 fully saturated rings. The first-order chi connectivity index (χ1) is 12.3. The summed E-state index contributed by atoms with van der Waals surface area (Å²) in [5, 5.41) is 6.21. The van der Waals surface area contributed by atoms with Gasteiger partial charge in [-0.1, -0.05) is 0 Å². The molecule has 8 heteroatoms. The van der Waals surface area contributed by atoms with Gasteiger partial charge in [-0.25, -0.2) is 12.7 Å². The zero-order valence-electron chi connectivity index (χ0n) is 15.7. The molecule has 146 valence electrons. The highest BCUT2D eigenvalue weighted by Crippen LogP contribution is 2.23. The average molecular weight is 384 g/mol. The fourth-order valence-corrected chi connectivity index (χ4v) is 4.39. The first-order valence-corrected chi connectivity index (χ1v) is 10.4. The predicted molar refractivity (Wildman–Crippen MR) is 101 cm³/mol. The van der Waals surface area contributed by atoms with Gasteiger partial charge in [0.1, 0.15) is 5.75 Å². The van der Waals surface area contributed by atoms with Crippen LogP contribution in [0.2, 0.25) is 0 Å². The van der Waals surface area contributed by atoms with E-state index in [2.05, 4.69) is 10.6 Å². The Labute approximate surface area is 156 Å². The third kappa shape index (κ3) is 5.43.